The second-order valence-corrected chi connectivity index (χ2v) is 28.3. The van der Waals surface area contributed by atoms with Crippen molar-refractivity contribution in [2.24, 2.45) is 0 Å². The first-order valence-corrected chi connectivity index (χ1v) is 40.7. The quantitative estimate of drug-likeness (QED) is 0.0211. The lowest BCUT2D eigenvalue weighted by Crippen LogP contribution is -2.40. The zero-order valence-electron chi connectivity index (χ0n) is 64.0. The minimum absolute atomic E-state index is 0.184. The van der Waals surface area contributed by atoms with E-state index in [1.807, 2.05) is 21.1 Å². The van der Waals surface area contributed by atoms with Crippen LogP contribution in [0.2, 0.25) is 0 Å². The maximum absolute atomic E-state index is 13.0. The highest BCUT2D eigenvalue weighted by atomic mass is 16.7. The number of hydrogen-bond donors (Lipinski definition) is 1. The average Bonchev–Trinajstić information content (AvgIpc) is 2.39. The molecule has 0 amide bonds. The number of ether oxygens (including phenoxy) is 4. The van der Waals surface area contributed by atoms with Crippen molar-refractivity contribution >= 4 is 17.9 Å². The van der Waals surface area contributed by atoms with Crippen LogP contribution in [0.4, 0.5) is 0 Å². The number of quaternary nitrogens is 1. The maximum atomic E-state index is 13.0. The van der Waals surface area contributed by atoms with Crippen LogP contribution in [0.15, 0.2) is 122 Å². The van der Waals surface area contributed by atoms with Crippen molar-refractivity contribution < 1.29 is 42.9 Å². The van der Waals surface area contributed by atoms with E-state index in [0.29, 0.717) is 23.9 Å². The Hall–Kier alpha value is -4.31. The Kier molecular flexibility index (Phi) is 74.0. The van der Waals surface area contributed by atoms with Crippen molar-refractivity contribution in [2.45, 2.75) is 373 Å². The van der Waals surface area contributed by atoms with Crippen LogP contribution in [0.1, 0.15) is 361 Å². The molecule has 1 N–H and O–H groups in total. The first kappa shape index (κ1) is 92.7. The fraction of sp³-hybridized carbons (Fsp3) is 0.739. The van der Waals surface area contributed by atoms with Gasteiger partial charge in [-0.05, 0) is 109 Å². The minimum atomic E-state index is -1.52. The fourth-order valence-corrected chi connectivity index (χ4v) is 11.5. The Labute approximate surface area is 599 Å². The van der Waals surface area contributed by atoms with Crippen LogP contribution >= 0.6 is 0 Å². The lowest BCUT2D eigenvalue weighted by Gasteiger charge is -2.25. The van der Waals surface area contributed by atoms with Gasteiger partial charge in [0.05, 0.1) is 34.4 Å². The molecule has 558 valence electrons. The summed E-state index contributed by atoms with van der Waals surface area (Å²) in [6.07, 6.45) is 108. The Morgan fingerprint density at radius 3 is 0.887 bits per heavy atom. The Morgan fingerprint density at radius 2 is 0.588 bits per heavy atom. The van der Waals surface area contributed by atoms with Crippen LogP contribution < -0.4 is 0 Å². The van der Waals surface area contributed by atoms with E-state index < -0.39 is 24.3 Å². The molecule has 0 aliphatic heterocycles. The molecule has 2 atom stereocenters. The van der Waals surface area contributed by atoms with Crippen molar-refractivity contribution in [1.29, 1.82) is 0 Å². The summed E-state index contributed by atoms with van der Waals surface area (Å²) in [6.45, 7) is 4.80. The van der Waals surface area contributed by atoms with E-state index in [2.05, 4.69) is 135 Å². The first-order valence-electron chi connectivity index (χ1n) is 40.7. The Bertz CT molecular complexity index is 2020. The summed E-state index contributed by atoms with van der Waals surface area (Å²) < 4.78 is 23.1. The van der Waals surface area contributed by atoms with Gasteiger partial charge in [0.25, 0.3) is 6.29 Å². The van der Waals surface area contributed by atoms with Crippen LogP contribution in [-0.4, -0.2) is 87.4 Å². The van der Waals surface area contributed by atoms with Gasteiger partial charge in [0, 0.05) is 12.8 Å². The molecule has 0 saturated heterocycles. The van der Waals surface area contributed by atoms with Gasteiger partial charge in [-0.2, -0.15) is 0 Å². The molecule has 0 saturated carbocycles. The number of carboxylic acid groups (broad SMARTS) is 1. The van der Waals surface area contributed by atoms with Gasteiger partial charge in [-0.15, -0.1) is 0 Å². The summed E-state index contributed by atoms with van der Waals surface area (Å²) in [4.78, 5) is 37.8. The fourth-order valence-electron chi connectivity index (χ4n) is 11.5. The van der Waals surface area contributed by atoms with E-state index in [9.17, 15) is 19.5 Å². The van der Waals surface area contributed by atoms with Gasteiger partial charge in [0.2, 0.25) is 0 Å². The Balaban J connectivity index is 4.05. The third-order valence-electron chi connectivity index (χ3n) is 17.7. The molecule has 0 aliphatic carbocycles. The molecule has 0 spiro atoms. The zero-order valence-corrected chi connectivity index (χ0v) is 64.0. The van der Waals surface area contributed by atoms with E-state index in [4.69, 9.17) is 18.9 Å². The summed E-state index contributed by atoms with van der Waals surface area (Å²) in [5.74, 6) is -2.00. The van der Waals surface area contributed by atoms with Gasteiger partial charge >= 0.3 is 17.9 Å². The van der Waals surface area contributed by atoms with Crippen LogP contribution in [0.3, 0.4) is 0 Å². The lowest BCUT2D eigenvalue weighted by atomic mass is 10.0. The number of allylic oxidation sites excluding steroid dienone is 20. The topological polar surface area (TPSA) is 108 Å². The molecule has 0 bridgehead atoms. The highest BCUT2D eigenvalue weighted by Gasteiger charge is 2.25. The smallest absolute Gasteiger partial charge is 0.361 e. The monoisotopic (exact) mass is 1350 g/mol. The Morgan fingerprint density at radius 1 is 0.320 bits per heavy atom. The normalized spacial score (nSPS) is 13.3. The number of carbonyl (C=O) groups excluding carboxylic acids is 2. The molecule has 9 heteroatoms. The number of carboxylic acids is 1. The molecule has 0 aromatic carbocycles. The molecule has 0 fully saturated rings. The molecule has 0 aromatic heterocycles. The average molecular weight is 1350 g/mol. The molecule has 0 rings (SSSR count). The molecular formula is C88H154NO8+. The molecule has 9 nitrogen and oxygen atoms in total. The number of hydrogen-bond acceptors (Lipinski definition) is 7. The maximum Gasteiger partial charge on any atom is 0.361 e. The third-order valence-corrected chi connectivity index (χ3v) is 17.7. The molecule has 2 unspecified atom stereocenters. The van der Waals surface area contributed by atoms with Crippen LogP contribution in [0.5, 0.6) is 0 Å². The van der Waals surface area contributed by atoms with Crippen molar-refractivity contribution in [1.82, 2.24) is 0 Å². The van der Waals surface area contributed by atoms with Gasteiger partial charge in [-0.3, -0.25) is 9.59 Å². The second-order valence-electron chi connectivity index (χ2n) is 28.3. The number of unbranched alkanes of at least 4 members (excludes halogenated alkanes) is 40. The highest BCUT2D eigenvalue weighted by molar-refractivity contribution is 5.71. The minimum Gasteiger partial charge on any atom is -0.477 e. The molecule has 0 heterocycles. The predicted octanol–water partition coefficient (Wildman–Crippen LogP) is 26.3. The van der Waals surface area contributed by atoms with Crippen LogP contribution in [0, 0.1) is 0 Å². The van der Waals surface area contributed by atoms with E-state index >= 15 is 0 Å². The number of nitrogens with zero attached hydrogens (tertiary/aromatic N) is 1. The van der Waals surface area contributed by atoms with Crippen molar-refractivity contribution in [3.8, 4) is 0 Å². The van der Waals surface area contributed by atoms with Gasteiger partial charge < -0.3 is 28.5 Å². The molecular weight excluding hydrogens is 1200 g/mol. The number of carbonyl (C=O) groups is 3. The molecule has 0 aliphatic rings. The number of likely N-dealkylation sites (N-methyl/N-ethyl adjacent to an activating group) is 1. The van der Waals surface area contributed by atoms with E-state index in [1.165, 1.54) is 225 Å². The number of esters is 2. The van der Waals surface area contributed by atoms with Crippen molar-refractivity contribution in [3.05, 3.63) is 122 Å². The molecule has 0 aromatic rings. The first-order chi connectivity index (χ1) is 47.6. The van der Waals surface area contributed by atoms with E-state index in [0.717, 1.165) is 103 Å². The molecule has 0 radical (unpaired) electrons. The summed E-state index contributed by atoms with van der Waals surface area (Å²) in [7, 11) is 5.99. The van der Waals surface area contributed by atoms with E-state index in [1.54, 1.807) is 0 Å². The van der Waals surface area contributed by atoms with Crippen LogP contribution in [-0.2, 0) is 33.3 Å². The summed E-state index contributed by atoms with van der Waals surface area (Å²) in [5, 5.41) is 9.78. The zero-order chi connectivity index (χ0) is 70.4. The second kappa shape index (κ2) is 77.4. The van der Waals surface area contributed by atoms with Crippen LogP contribution in [0.25, 0.3) is 0 Å². The largest absolute Gasteiger partial charge is 0.477 e. The summed E-state index contributed by atoms with van der Waals surface area (Å²) >= 11 is 0. The van der Waals surface area contributed by atoms with Gasteiger partial charge in [-0.25, -0.2) is 4.79 Å². The summed E-state index contributed by atoms with van der Waals surface area (Å²) in [6, 6.07) is 0. The van der Waals surface area contributed by atoms with Gasteiger partial charge in [0.15, 0.2) is 6.10 Å². The van der Waals surface area contributed by atoms with Crippen molar-refractivity contribution in [3.63, 3.8) is 0 Å². The standard InChI is InChI=1S/C88H153NO8/c1-6-8-10-12-14-16-18-20-22-24-26-28-30-32-34-36-38-40-41-42-43-44-45-47-49-51-53-55-57-59-61-63-65-67-69-71-73-75-77-79-86(91)97-84(83-96-88(87(92)93)94-81-80-89(3,4)5)82-95-85(90)78-76-74-72-70-68-66-64-62-60-58-56-54-52-50-48-46-39-37-35-33-31-29-27-25-23-21-19-17-15-13-11-9-7-2/h8,10,14,16,20,22,25-28,32,34,38,40,42-43,45,47,51,53,84,88H,6-7,9,11-13,15,17-19,21,23-24,29-31,33,35-37,39,41,44,46,48-50,52,54-83H2,1-5H3/p+1/b10-8-,16-14-,22-20-,27-25-,28-26-,34-32-,40-38-,43-42-,47-45-,53-51-. The predicted molar refractivity (Wildman–Crippen MR) is 419 cm³/mol. The summed E-state index contributed by atoms with van der Waals surface area (Å²) in [5.41, 5.74) is 0. The SMILES string of the molecule is CC/C=C\C/C=C\C/C=C\C/C=C\C/C=C\C/C=C\C/C=C\C/C=C\C/C=C\CCCCCCCCCCCCCC(=O)OC(COC(=O)CCCCCCCCCCCCCCCCCCCCCCC/C=C\CCCCCCCCCC)COC(OCC[N+](C)(C)C)C(=O)O. The van der Waals surface area contributed by atoms with E-state index in [-0.39, 0.29) is 32.2 Å². The lowest BCUT2D eigenvalue weighted by molar-refractivity contribution is -0.870. The molecule has 97 heavy (non-hydrogen) atoms. The van der Waals surface area contributed by atoms with Gasteiger partial charge in [0.1, 0.15) is 13.2 Å². The van der Waals surface area contributed by atoms with Crippen molar-refractivity contribution in [2.75, 3.05) is 47.5 Å². The number of aliphatic carboxylic acids is 1. The van der Waals surface area contributed by atoms with Gasteiger partial charge in [-0.1, -0.05) is 360 Å². The highest BCUT2D eigenvalue weighted by Crippen LogP contribution is 2.19. The third kappa shape index (κ3) is 78.9. The number of rotatable bonds is 75.